The highest BCUT2D eigenvalue weighted by Crippen LogP contribution is 2.48. The first-order valence-electron chi connectivity index (χ1n) is 57.4. The number of allylic oxidation sites excluding steroid dienone is 4. The minimum atomic E-state index is -0.985. The highest BCUT2D eigenvalue weighted by molar-refractivity contribution is 5.40. The summed E-state index contributed by atoms with van der Waals surface area (Å²) in [5, 5.41) is 0. The first-order chi connectivity index (χ1) is 71.8. The summed E-state index contributed by atoms with van der Waals surface area (Å²) in [5.41, 5.74) is 0. The normalized spacial score (nSPS) is 25.6. The predicted octanol–water partition coefficient (Wildman–Crippen LogP) is 36.3. The predicted molar refractivity (Wildman–Crippen MR) is 567 cm³/mol. The van der Waals surface area contributed by atoms with Gasteiger partial charge in [-0.3, -0.25) is 0 Å². The molecular formula is C124H178F12O12. The Bertz CT molecular complexity index is 4790. The Balaban J connectivity index is 0.000000182. The summed E-state index contributed by atoms with van der Waals surface area (Å²) < 4.78 is 230. The third-order valence-corrected chi connectivity index (χ3v) is 33.3. The Morgan fingerprint density at radius 3 is 0.527 bits per heavy atom. The molecule has 830 valence electrons. The van der Waals surface area contributed by atoms with Gasteiger partial charge in [-0.2, -0.15) is 52.7 Å². The summed E-state index contributed by atoms with van der Waals surface area (Å²) in [6, 6.07) is 17.3. The van der Waals surface area contributed by atoms with Crippen molar-refractivity contribution in [3.8, 4) is 69.0 Å². The van der Waals surface area contributed by atoms with Gasteiger partial charge in [0.15, 0.2) is 69.0 Å². The molecule has 6 aromatic rings. The van der Waals surface area contributed by atoms with Gasteiger partial charge in [-0.15, -0.1) is 0 Å². The summed E-state index contributed by atoms with van der Waals surface area (Å²) in [4.78, 5) is 0. The SMILES string of the molecule is C/C=C/C1CCC(C2CCC(COc3ccc(OCC)c(F)c3F)CC2)CC1.C/C=C/C1CCC(COc2ccc(OCC)c(F)c2F)CC1.CCCC1CCC(C2CCC(COc3ccc(OCC)c(F)c3F)CC2)CC1.CCCC1CCC(COc2ccc(OC)c(F)c2F)CC1.CCCC1CCC(COc2ccc(OCC)c(F)c2F)CC1.CCOc1ccc(OCC2CCC(C3CCC(CC)CC3)CC2)c(F)c1F. The molecule has 0 amide bonds. The fourth-order valence-corrected chi connectivity index (χ4v) is 24.5. The van der Waals surface area contributed by atoms with Crippen LogP contribution in [0.4, 0.5) is 52.7 Å². The Hall–Kier alpha value is -8.44. The van der Waals surface area contributed by atoms with E-state index in [1.54, 1.807) is 34.6 Å². The van der Waals surface area contributed by atoms with Crippen molar-refractivity contribution in [2.75, 3.05) is 79.8 Å². The average Bonchev–Trinajstić information content (AvgIpc) is 0.863. The van der Waals surface area contributed by atoms with Crippen LogP contribution in [-0.2, 0) is 0 Å². The number of halogens is 12. The van der Waals surface area contributed by atoms with Gasteiger partial charge in [-0.05, 0) is 408 Å². The molecule has 0 aromatic heterocycles. The van der Waals surface area contributed by atoms with Crippen LogP contribution < -0.4 is 56.8 Å². The van der Waals surface area contributed by atoms with Crippen molar-refractivity contribution in [1.29, 1.82) is 0 Å². The zero-order chi connectivity index (χ0) is 106. The first-order valence-corrected chi connectivity index (χ1v) is 57.4. The van der Waals surface area contributed by atoms with Crippen LogP contribution in [0.2, 0.25) is 0 Å². The Morgan fingerprint density at radius 2 is 0.345 bits per heavy atom. The lowest BCUT2D eigenvalue weighted by molar-refractivity contribution is 0.120. The van der Waals surface area contributed by atoms with Gasteiger partial charge in [0.1, 0.15) is 0 Å². The number of ether oxygens (including phenoxy) is 12. The monoisotopic (exact) mass is 2090 g/mol. The maximum atomic E-state index is 14.2. The van der Waals surface area contributed by atoms with Crippen LogP contribution in [-0.4, -0.2) is 79.8 Å². The van der Waals surface area contributed by atoms with Crippen LogP contribution >= 0.6 is 0 Å². The van der Waals surface area contributed by atoms with Crippen molar-refractivity contribution >= 4 is 0 Å². The Kier molecular flexibility index (Phi) is 54.0. The molecule has 148 heavy (non-hydrogen) atoms. The third-order valence-electron chi connectivity index (χ3n) is 33.3. The molecule has 0 N–H and O–H groups in total. The average molecular weight is 2090 g/mol. The second-order valence-corrected chi connectivity index (χ2v) is 43.3. The lowest BCUT2D eigenvalue weighted by Crippen LogP contribution is -2.27. The summed E-state index contributed by atoms with van der Waals surface area (Å²) in [7, 11) is 1.31. The van der Waals surface area contributed by atoms with Crippen LogP contribution in [0, 0.1) is 176 Å². The van der Waals surface area contributed by atoms with E-state index in [2.05, 4.69) is 58.9 Å². The maximum absolute atomic E-state index is 14.2. The van der Waals surface area contributed by atoms with E-state index in [0.29, 0.717) is 114 Å². The molecule has 6 aromatic carbocycles. The van der Waals surface area contributed by atoms with E-state index in [1.165, 1.54) is 266 Å². The summed E-state index contributed by atoms with van der Waals surface area (Å²) in [5.74, 6) is 0.917. The second-order valence-electron chi connectivity index (χ2n) is 43.3. The fraction of sp³-hybridized carbons (Fsp3) is 0.677. The number of hydrogen-bond acceptors (Lipinski definition) is 12. The van der Waals surface area contributed by atoms with Crippen LogP contribution in [0.5, 0.6) is 69.0 Å². The smallest absolute Gasteiger partial charge is 0.204 e. The molecule has 0 unspecified atom stereocenters. The fourth-order valence-electron chi connectivity index (χ4n) is 24.5. The van der Waals surface area contributed by atoms with Crippen molar-refractivity contribution in [3.63, 3.8) is 0 Å². The van der Waals surface area contributed by atoms with Crippen molar-refractivity contribution < 1.29 is 110 Å². The summed E-state index contributed by atoms with van der Waals surface area (Å²) in [6.07, 6.45) is 62.8. The van der Waals surface area contributed by atoms with E-state index < -0.39 is 69.8 Å². The molecule has 0 bridgehead atoms. The van der Waals surface area contributed by atoms with E-state index in [4.69, 9.17) is 56.8 Å². The first kappa shape index (κ1) is 121. The van der Waals surface area contributed by atoms with Gasteiger partial charge in [0.05, 0.1) is 79.8 Å². The topological polar surface area (TPSA) is 111 Å². The number of methoxy groups -OCH3 is 1. The molecule has 0 radical (unpaired) electrons. The Morgan fingerprint density at radius 1 is 0.196 bits per heavy atom. The quantitative estimate of drug-likeness (QED) is 0.0269. The molecule has 0 atom stereocenters. The van der Waals surface area contributed by atoms with Gasteiger partial charge in [-0.25, -0.2) is 0 Å². The lowest BCUT2D eigenvalue weighted by Gasteiger charge is -2.37. The third kappa shape index (κ3) is 38.1. The van der Waals surface area contributed by atoms with E-state index in [1.807, 2.05) is 6.92 Å². The molecule has 12 nitrogen and oxygen atoms in total. The molecule has 0 spiro atoms. The van der Waals surface area contributed by atoms with Crippen molar-refractivity contribution in [2.24, 2.45) is 107 Å². The summed E-state index contributed by atoms with van der Waals surface area (Å²) in [6.45, 7) is 26.2. The van der Waals surface area contributed by atoms with E-state index in [9.17, 15) is 52.7 Å². The van der Waals surface area contributed by atoms with Gasteiger partial charge < -0.3 is 56.8 Å². The zero-order valence-corrected chi connectivity index (χ0v) is 91.2. The molecule has 0 saturated heterocycles. The van der Waals surface area contributed by atoms with Crippen molar-refractivity contribution in [2.45, 2.75) is 352 Å². The Labute approximate surface area is 879 Å². The van der Waals surface area contributed by atoms with Crippen molar-refractivity contribution in [3.05, 3.63) is 167 Å². The molecule has 0 heterocycles. The highest BCUT2D eigenvalue weighted by atomic mass is 19.2. The van der Waals surface area contributed by atoms with Crippen LogP contribution in [0.3, 0.4) is 0 Å². The van der Waals surface area contributed by atoms with Crippen LogP contribution in [0.1, 0.15) is 352 Å². The van der Waals surface area contributed by atoms with Gasteiger partial charge in [0, 0.05) is 0 Å². The van der Waals surface area contributed by atoms with E-state index in [-0.39, 0.29) is 69.0 Å². The van der Waals surface area contributed by atoms with Crippen molar-refractivity contribution in [1.82, 2.24) is 0 Å². The number of rotatable bonds is 41. The molecule has 9 fully saturated rings. The van der Waals surface area contributed by atoms with E-state index >= 15 is 0 Å². The molecule has 0 aliphatic heterocycles. The molecule has 9 aliphatic rings. The standard InChI is InChI=1S/C24H36F2O2.C24H34F2O2.C23H34F2O2.C18H26F2O2.C18H24F2O2.C17H24F2O2/c2*1-3-5-17-6-10-19(11-7-17)20-12-8-18(9-13-20)16-28-22-15-14-21(27-4-2)23(25)24(22)26;1-3-16-5-9-18(10-6-16)19-11-7-17(8-12-19)15-27-21-14-13-20(26-4-2)22(24)23(21)25;2*1-3-5-13-6-8-14(9-7-13)12-22-16-11-10-15(21-4-2)17(19)18(16)20;1-3-4-12-5-7-13(8-6-12)11-21-15-10-9-14(20-2)16(18)17(15)19/h14-15,17-20H,3-13,16H2,1-2H3;3,5,14-15,17-20H,4,6-13,16H2,1-2H3;13-14,16-19H,3-12,15H2,1-2H3;10-11,13-14H,3-9,12H2,1-2H3;3,5,10-11,13-14H,4,6-9,12H2,1-2H3;9-10,12-13H,3-8,11H2,1-2H3/b;5-3+;;;5-3+;. The second kappa shape index (κ2) is 65.8. The molecule has 9 saturated carbocycles. The lowest BCUT2D eigenvalue weighted by atomic mass is 9.69. The maximum Gasteiger partial charge on any atom is 0.204 e. The van der Waals surface area contributed by atoms with Gasteiger partial charge in [0.2, 0.25) is 69.8 Å². The largest absolute Gasteiger partial charge is 0.494 e. The van der Waals surface area contributed by atoms with Gasteiger partial charge in [-0.1, -0.05) is 148 Å². The molecular weight excluding hydrogens is 1910 g/mol. The zero-order valence-electron chi connectivity index (χ0n) is 91.2. The van der Waals surface area contributed by atoms with E-state index in [0.717, 1.165) is 155 Å². The highest BCUT2D eigenvalue weighted by Gasteiger charge is 2.37. The summed E-state index contributed by atoms with van der Waals surface area (Å²) >= 11 is 0. The molecule has 24 heteroatoms. The van der Waals surface area contributed by atoms with Gasteiger partial charge in [0.25, 0.3) is 0 Å². The van der Waals surface area contributed by atoms with Gasteiger partial charge >= 0.3 is 0 Å². The van der Waals surface area contributed by atoms with Crippen LogP contribution in [0.25, 0.3) is 0 Å². The molecule has 9 aliphatic carbocycles. The number of benzene rings is 6. The van der Waals surface area contributed by atoms with Crippen LogP contribution in [0.15, 0.2) is 97.1 Å². The minimum absolute atomic E-state index is 0.00248. The minimum Gasteiger partial charge on any atom is -0.494 e. The molecule has 15 rings (SSSR count). The number of hydrogen-bond donors (Lipinski definition) is 0.